The summed E-state index contributed by atoms with van der Waals surface area (Å²) < 4.78 is 0. The van der Waals surface area contributed by atoms with Gasteiger partial charge in [0.15, 0.2) is 11.5 Å². The standard InChI is InChI=1S/C26H28N4O3/c1-16(25-21-14-19(27)6-9-22(21)29-26(25)33)28-20-7-3-18(4-8-20)15-30(2)12-11-17-5-10-23(31)24(32)13-17/h3-10,13-14,28,31-32H,11-12,15,27H2,1-2H3,(H,29,33). The Balaban J connectivity index is 1.37. The van der Waals surface area contributed by atoms with Crippen molar-refractivity contribution in [2.24, 2.45) is 0 Å². The average Bonchev–Trinajstić information content (AvgIpc) is 3.11. The first kappa shape index (κ1) is 22.2. The third-order valence-corrected chi connectivity index (χ3v) is 5.72. The maximum absolute atomic E-state index is 12.5. The van der Waals surface area contributed by atoms with Gasteiger partial charge in [-0.1, -0.05) is 18.2 Å². The summed E-state index contributed by atoms with van der Waals surface area (Å²) in [6.07, 6.45) is 0.769. The van der Waals surface area contributed by atoms with Gasteiger partial charge in [-0.25, -0.2) is 0 Å². The molecule has 4 rings (SSSR count). The van der Waals surface area contributed by atoms with E-state index in [0.29, 0.717) is 11.3 Å². The van der Waals surface area contributed by atoms with Crippen molar-refractivity contribution in [3.63, 3.8) is 0 Å². The molecule has 0 saturated heterocycles. The SMILES string of the molecule is CC(Nc1ccc(CN(C)CCc2ccc(O)c(O)c2)cc1)=C1C(=O)Nc2ccc(N)cc21. The zero-order valence-corrected chi connectivity index (χ0v) is 18.7. The molecular weight excluding hydrogens is 416 g/mol. The van der Waals surface area contributed by atoms with E-state index in [9.17, 15) is 15.0 Å². The van der Waals surface area contributed by atoms with Crippen LogP contribution in [-0.2, 0) is 17.8 Å². The second-order valence-corrected chi connectivity index (χ2v) is 8.39. The summed E-state index contributed by atoms with van der Waals surface area (Å²) >= 11 is 0. The van der Waals surface area contributed by atoms with Gasteiger partial charge in [0.25, 0.3) is 5.91 Å². The molecule has 1 heterocycles. The quantitative estimate of drug-likeness (QED) is 0.213. The molecule has 0 bridgehead atoms. The number of likely N-dealkylation sites (N-methyl/N-ethyl adjacent to an activating group) is 1. The maximum atomic E-state index is 12.5. The summed E-state index contributed by atoms with van der Waals surface area (Å²) in [4.78, 5) is 14.7. The van der Waals surface area contributed by atoms with Gasteiger partial charge in [0.1, 0.15) is 0 Å². The Bertz CT molecular complexity index is 1220. The van der Waals surface area contributed by atoms with Crippen molar-refractivity contribution in [3.05, 3.63) is 83.1 Å². The number of phenolic OH excluding ortho intramolecular Hbond substituents is 2. The van der Waals surface area contributed by atoms with Crippen LogP contribution >= 0.6 is 0 Å². The molecule has 1 aliphatic heterocycles. The number of nitrogens with one attached hydrogen (secondary N) is 2. The molecule has 0 aliphatic carbocycles. The van der Waals surface area contributed by atoms with Gasteiger partial charge in [-0.2, -0.15) is 0 Å². The van der Waals surface area contributed by atoms with Crippen molar-refractivity contribution >= 4 is 28.5 Å². The molecule has 3 aromatic carbocycles. The van der Waals surface area contributed by atoms with Crippen LogP contribution in [-0.4, -0.2) is 34.6 Å². The number of hydrogen-bond donors (Lipinski definition) is 5. The number of fused-ring (bicyclic) bond motifs is 1. The van der Waals surface area contributed by atoms with Gasteiger partial charge < -0.3 is 31.5 Å². The summed E-state index contributed by atoms with van der Waals surface area (Å²) in [5.41, 5.74) is 12.5. The van der Waals surface area contributed by atoms with E-state index in [1.807, 2.05) is 44.3 Å². The number of nitrogens with zero attached hydrogens (tertiary/aromatic N) is 1. The summed E-state index contributed by atoms with van der Waals surface area (Å²) in [5, 5.41) is 25.3. The maximum Gasteiger partial charge on any atom is 0.258 e. The van der Waals surface area contributed by atoms with Crippen LogP contribution in [0.4, 0.5) is 17.1 Å². The fraction of sp³-hybridized carbons (Fsp3) is 0.192. The minimum absolute atomic E-state index is 0.0921. The molecule has 1 amide bonds. The van der Waals surface area contributed by atoms with Crippen LogP contribution < -0.4 is 16.4 Å². The van der Waals surface area contributed by atoms with E-state index in [1.165, 1.54) is 11.6 Å². The fourth-order valence-corrected chi connectivity index (χ4v) is 3.96. The van der Waals surface area contributed by atoms with E-state index in [-0.39, 0.29) is 17.4 Å². The Kier molecular flexibility index (Phi) is 6.24. The Morgan fingerprint density at radius 2 is 1.73 bits per heavy atom. The van der Waals surface area contributed by atoms with Crippen molar-refractivity contribution in [2.75, 3.05) is 30.0 Å². The minimum Gasteiger partial charge on any atom is -0.504 e. The van der Waals surface area contributed by atoms with Crippen LogP contribution in [0, 0.1) is 0 Å². The van der Waals surface area contributed by atoms with Crippen molar-refractivity contribution in [2.45, 2.75) is 19.9 Å². The number of phenols is 2. The molecular formula is C26H28N4O3. The predicted octanol–water partition coefficient (Wildman–Crippen LogP) is 4.15. The van der Waals surface area contributed by atoms with Crippen LogP contribution in [0.25, 0.3) is 5.57 Å². The topological polar surface area (TPSA) is 111 Å². The minimum atomic E-state index is -0.138. The molecule has 7 heteroatoms. The number of hydrogen-bond acceptors (Lipinski definition) is 6. The van der Waals surface area contributed by atoms with Crippen LogP contribution in [0.1, 0.15) is 23.6 Å². The highest BCUT2D eigenvalue weighted by molar-refractivity contribution is 6.32. The molecule has 7 nitrogen and oxygen atoms in total. The van der Waals surface area contributed by atoms with Crippen LogP contribution in [0.2, 0.25) is 0 Å². The van der Waals surface area contributed by atoms with Gasteiger partial charge in [-0.05, 0) is 74.0 Å². The van der Waals surface area contributed by atoms with Crippen LogP contribution in [0.15, 0.2) is 66.4 Å². The second kappa shape index (κ2) is 9.26. The van der Waals surface area contributed by atoms with E-state index in [1.54, 1.807) is 12.1 Å². The van der Waals surface area contributed by atoms with E-state index >= 15 is 0 Å². The third kappa shape index (κ3) is 5.10. The first-order valence-corrected chi connectivity index (χ1v) is 10.8. The largest absolute Gasteiger partial charge is 0.504 e. The fourth-order valence-electron chi connectivity index (χ4n) is 3.96. The van der Waals surface area contributed by atoms with Gasteiger partial charge in [0, 0.05) is 41.4 Å². The van der Waals surface area contributed by atoms with Gasteiger partial charge in [0.05, 0.1) is 5.57 Å². The number of benzene rings is 3. The monoisotopic (exact) mass is 444 g/mol. The second-order valence-electron chi connectivity index (χ2n) is 8.39. The van der Waals surface area contributed by atoms with Gasteiger partial charge in [0.2, 0.25) is 0 Å². The van der Waals surface area contributed by atoms with Crippen molar-refractivity contribution in [3.8, 4) is 11.5 Å². The molecule has 0 atom stereocenters. The highest BCUT2D eigenvalue weighted by atomic mass is 16.3. The molecule has 0 spiro atoms. The smallest absolute Gasteiger partial charge is 0.258 e. The number of amides is 1. The molecule has 0 radical (unpaired) electrons. The molecule has 3 aromatic rings. The first-order chi connectivity index (χ1) is 15.8. The third-order valence-electron chi connectivity index (χ3n) is 5.72. The molecule has 0 unspecified atom stereocenters. The van der Waals surface area contributed by atoms with E-state index in [2.05, 4.69) is 27.7 Å². The van der Waals surface area contributed by atoms with Crippen molar-refractivity contribution in [1.29, 1.82) is 0 Å². The number of nitrogen functional groups attached to an aromatic ring is 1. The van der Waals surface area contributed by atoms with E-state index in [0.717, 1.165) is 47.7 Å². The molecule has 170 valence electrons. The zero-order valence-electron chi connectivity index (χ0n) is 18.7. The average molecular weight is 445 g/mol. The van der Waals surface area contributed by atoms with Gasteiger partial charge >= 0.3 is 0 Å². The van der Waals surface area contributed by atoms with Crippen molar-refractivity contribution in [1.82, 2.24) is 4.90 Å². The normalized spacial score (nSPS) is 14.2. The number of aromatic hydroxyl groups is 2. The number of rotatable bonds is 7. The number of carbonyl (C=O) groups excluding carboxylic acids is 1. The van der Waals surface area contributed by atoms with E-state index in [4.69, 9.17) is 5.73 Å². The highest BCUT2D eigenvalue weighted by Gasteiger charge is 2.26. The van der Waals surface area contributed by atoms with Crippen molar-refractivity contribution < 1.29 is 15.0 Å². The Labute approximate surface area is 193 Å². The first-order valence-electron chi connectivity index (χ1n) is 10.8. The lowest BCUT2D eigenvalue weighted by Gasteiger charge is -2.17. The van der Waals surface area contributed by atoms with Crippen LogP contribution in [0.5, 0.6) is 11.5 Å². The highest BCUT2D eigenvalue weighted by Crippen LogP contribution is 2.35. The summed E-state index contributed by atoms with van der Waals surface area (Å²) in [7, 11) is 2.04. The zero-order chi connectivity index (χ0) is 23.5. The Morgan fingerprint density at radius 1 is 1.00 bits per heavy atom. The van der Waals surface area contributed by atoms with Gasteiger partial charge in [-0.15, -0.1) is 0 Å². The lowest BCUT2D eigenvalue weighted by atomic mass is 10.0. The molecule has 0 saturated carbocycles. The number of anilines is 3. The molecule has 6 N–H and O–H groups in total. The Morgan fingerprint density at radius 3 is 2.45 bits per heavy atom. The molecule has 0 fully saturated rings. The predicted molar refractivity (Wildman–Crippen MR) is 132 cm³/mol. The lowest BCUT2D eigenvalue weighted by Crippen LogP contribution is -2.20. The summed E-state index contributed by atoms with van der Waals surface area (Å²) in [6, 6.07) is 18.4. The molecule has 1 aliphatic rings. The number of allylic oxidation sites excluding steroid dienone is 1. The van der Waals surface area contributed by atoms with Crippen LogP contribution in [0.3, 0.4) is 0 Å². The van der Waals surface area contributed by atoms with E-state index < -0.39 is 0 Å². The molecule has 0 aromatic heterocycles. The Hall–Kier alpha value is -3.97. The van der Waals surface area contributed by atoms with Gasteiger partial charge in [-0.3, -0.25) is 4.79 Å². The number of carbonyl (C=O) groups is 1. The lowest BCUT2D eigenvalue weighted by molar-refractivity contribution is -0.110. The summed E-state index contributed by atoms with van der Waals surface area (Å²) in [5.74, 6) is -0.333. The number of nitrogens with two attached hydrogens (primary N) is 1. The summed E-state index contributed by atoms with van der Waals surface area (Å²) in [6.45, 7) is 3.47. The molecule has 33 heavy (non-hydrogen) atoms.